The lowest BCUT2D eigenvalue weighted by atomic mass is 10.0. The number of aromatic nitrogens is 1. The molecule has 5 rings (SSSR count). The summed E-state index contributed by atoms with van der Waals surface area (Å²) in [6.45, 7) is 11.4. The molecular weight excluding hydrogens is 506 g/mol. The first-order chi connectivity index (χ1) is 18.9. The summed E-state index contributed by atoms with van der Waals surface area (Å²) in [5.41, 5.74) is 8.41. The van der Waals surface area contributed by atoms with Crippen LogP contribution in [0.4, 0.5) is 5.69 Å². The maximum absolute atomic E-state index is 13.2. The minimum atomic E-state index is -0.153. The number of hydrogen-bond donors (Lipinski definition) is 4. The van der Waals surface area contributed by atoms with Crippen LogP contribution >= 0.6 is 11.8 Å². The zero-order valence-electron chi connectivity index (χ0n) is 22.9. The van der Waals surface area contributed by atoms with Crippen LogP contribution in [0.3, 0.4) is 0 Å². The Morgan fingerprint density at radius 3 is 2.54 bits per heavy atom. The van der Waals surface area contributed by atoms with E-state index < -0.39 is 0 Å². The van der Waals surface area contributed by atoms with Crippen LogP contribution in [0.5, 0.6) is 0 Å². The summed E-state index contributed by atoms with van der Waals surface area (Å²) < 4.78 is 0. The topological polar surface area (TPSA) is 89.3 Å². The summed E-state index contributed by atoms with van der Waals surface area (Å²) in [7, 11) is 0. The number of nitrogens with zero attached hydrogens (tertiary/aromatic N) is 1. The number of fused-ring (bicyclic) bond motifs is 1. The van der Waals surface area contributed by atoms with Gasteiger partial charge in [-0.2, -0.15) is 0 Å². The lowest BCUT2D eigenvalue weighted by molar-refractivity contribution is -0.110. The number of rotatable bonds is 9. The van der Waals surface area contributed by atoms with Crippen LogP contribution in [0.2, 0.25) is 0 Å². The highest BCUT2D eigenvalue weighted by Crippen LogP contribution is 2.43. The lowest BCUT2D eigenvalue weighted by Gasteiger charge is -2.18. The van der Waals surface area contributed by atoms with E-state index in [2.05, 4.69) is 57.2 Å². The minimum Gasteiger partial charge on any atom is -0.368 e. The second-order valence-corrected chi connectivity index (χ2v) is 10.8. The molecule has 1 atom stereocenters. The number of para-hydroxylation sites is 1. The molecule has 2 aromatic carbocycles. The maximum Gasteiger partial charge on any atom is 0.256 e. The zero-order chi connectivity index (χ0) is 27.5. The molecule has 2 amide bonds. The second-order valence-electron chi connectivity index (χ2n) is 9.79. The van der Waals surface area contributed by atoms with Crippen LogP contribution in [0.25, 0.3) is 17.3 Å². The third-order valence-electron chi connectivity index (χ3n) is 7.44. The number of aryl methyl sites for hydroxylation is 1. The van der Waals surface area contributed by atoms with Crippen LogP contribution in [0, 0.1) is 13.8 Å². The monoisotopic (exact) mass is 541 g/mol. The maximum atomic E-state index is 13.2. The molecule has 8 heteroatoms. The number of likely N-dealkylation sites (N-methyl/N-ethyl adjacent to an activating group) is 1. The Balaban J connectivity index is 1.37. The van der Waals surface area contributed by atoms with E-state index in [1.807, 2.05) is 56.3 Å². The molecule has 2 aliphatic rings. The summed E-state index contributed by atoms with van der Waals surface area (Å²) in [6, 6.07) is 16.3. The van der Waals surface area contributed by atoms with Gasteiger partial charge < -0.3 is 25.8 Å². The predicted molar refractivity (Wildman–Crippen MR) is 161 cm³/mol. The van der Waals surface area contributed by atoms with Crippen molar-refractivity contribution in [2.75, 3.05) is 31.5 Å². The highest BCUT2D eigenvalue weighted by molar-refractivity contribution is 8.02. The van der Waals surface area contributed by atoms with E-state index in [0.29, 0.717) is 17.7 Å². The largest absolute Gasteiger partial charge is 0.368 e. The Hall–Kier alpha value is -3.75. The van der Waals surface area contributed by atoms with Crippen molar-refractivity contribution in [3.63, 3.8) is 0 Å². The molecule has 0 saturated carbocycles. The molecule has 0 aliphatic carbocycles. The molecule has 0 fully saturated rings. The minimum absolute atomic E-state index is 0.0960. The van der Waals surface area contributed by atoms with Gasteiger partial charge in [0.1, 0.15) is 5.37 Å². The van der Waals surface area contributed by atoms with E-state index in [9.17, 15) is 9.59 Å². The van der Waals surface area contributed by atoms with Gasteiger partial charge in [-0.15, -0.1) is 11.8 Å². The average Bonchev–Trinajstić information content (AvgIpc) is 3.63. The molecule has 1 aromatic heterocycles. The van der Waals surface area contributed by atoms with Gasteiger partial charge in [-0.25, -0.2) is 0 Å². The summed E-state index contributed by atoms with van der Waals surface area (Å²) in [5.74, 6) is -0.249. The van der Waals surface area contributed by atoms with Crippen LogP contribution in [0.15, 0.2) is 53.9 Å². The molecule has 7 nitrogen and oxygen atoms in total. The lowest BCUT2D eigenvalue weighted by Crippen LogP contribution is -2.35. The Morgan fingerprint density at radius 2 is 1.79 bits per heavy atom. The first-order valence-corrected chi connectivity index (χ1v) is 14.4. The number of hydrogen-bond acceptors (Lipinski definition) is 5. The number of thioether (sulfide) groups is 1. The van der Waals surface area contributed by atoms with Gasteiger partial charge >= 0.3 is 0 Å². The van der Waals surface area contributed by atoms with Crippen molar-refractivity contribution in [2.24, 2.45) is 0 Å². The van der Waals surface area contributed by atoms with Gasteiger partial charge in [-0.1, -0.05) is 62.4 Å². The van der Waals surface area contributed by atoms with Gasteiger partial charge in [0.2, 0.25) is 0 Å². The Bertz CT molecular complexity index is 1450. The number of carbonyl (C=O) groups excluding carboxylic acids is 2. The Kier molecular flexibility index (Phi) is 7.95. The zero-order valence-corrected chi connectivity index (χ0v) is 23.7. The standard InChI is InChI=1S/C31H35N5O2S/c1-5-36(6-2)16-15-32-30(38)27-19(3)25(33-20(27)4)17-24-22-13-10-14-23(28(22)35-29(24)37)26-18-39-31(34-26)21-11-8-7-9-12-21/h7-14,17-18,31,33-34H,5-6,15-16H2,1-4H3,(H,32,38)(H,35,37)/b24-17-. The molecule has 0 spiro atoms. The fourth-order valence-electron chi connectivity index (χ4n) is 5.22. The second kappa shape index (κ2) is 11.6. The molecule has 1 unspecified atom stereocenters. The van der Waals surface area contributed by atoms with E-state index in [0.717, 1.165) is 59.1 Å². The molecule has 2 aliphatic heterocycles. The van der Waals surface area contributed by atoms with E-state index in [-0.39, 0.29) is 17.2 Å². The Labute approximate surface area is 234 Å². The molecule has 39 heavy (non-hydrogen) atoms. The van der Waals surface area contributed by atoms with Gasteiger partial charge in [0.25, 0.3) is 11.8 Å². The van der Waals surface area contributed by atoms with Gasteiger partial charge in [0, 0.05) is 35.6 Å². The van der Waals surface area contributed by atoms with Crippen LogP contribution < -0.4 is 16.0 Å². The molecule has 3 aromatic rings. The van der Waals surface area contributed by atoms with Crippen molar-refractivity contribution in [2.45, 2.75) is 33.1 Å². The van der Waals surface area contributed by atoms with Crippen molar-refractivity contribution in [1.82, 2.24) is 20.5 Å². The Morgan fingerprint density at radius 1 is 1.05 bits per heavy atom. The van der Waals surface area contributed by atoms with E-state index in [1.165, 1.54) is 5.56 Å². The highest BCUT2D eigenvalue weighted by atomic mass is 32.2. The van der Waals surface area contributed by atoms with Crippen molar-refractivity contribution >= 4 is 46.6 Å². The fraction of sp³-hybridized carbons (Fsp3) is 0.290. The van der Waals surface area contributed by atoms with Crippen LogP contribution in [-0.4, -0.2) is 47.9 Å². The number of amides is 2. The fourth-order valence-corrected chi connectivity index (χ4v) is 6.19. The van der Waals surface area contributed by atoms with Gasteiger partial charge in [0.15, 0.2) is 0 Å². The first-order valence-electron chi connectivity index (χ1n) is 13.4. The molecule has 0 radical (unpaired) electrons. The third kappa shape index (κ3) is 5.40. The third-order valence-corrected chi connectivity index (χ3v) is 8.47. The number of anilines is 1. The molecule has 4 N–H and O–H groups in total. The van der Waals surface area contributed by atoms with Gasteiger partial charge in [0.05, 0.1) is 22.5 Å². The van der Waals surface area contributed by atoms with Crippen molar-refractivity contribution < 1.29 is 9.59 Å². The number of H-pyrrole nitrogens is 1. The smallest absolute Gasteiger partial charge is 0.256 e. The van der Waals surface area contributed by atoms with E-state index in [4.69, 9.17) is 0 Å². The molecule has 202 valence electrons. The summed E-state index contributed by atoms with van der Waals surface area (Å²) in [4.78, 5) is 31.8. The molecular formula is C31H35N5O2S. The summed E-state index contributed by atoms with van der Waals surface area (Å²) in [6.07, 6.45) is 1.86. The summed E-state index contributed by atoms with van der Waals surface area (Å²) in [5, 5.41) is 12.0. The number of aromatic amines is 1. The average molecular weight is 542 g/mol. The van der Waals surface area contributed by atoms with Gasteiger partial charge in [-0.05, 0) is 49.5 Å². The highest BCUT2D eigenvalue weighted by Gasteiger charge is 2.30. The summed E-state index contributed by atoms with van der Waals surface area (Å²) >= 11 is 1.72. The predicted octanol–water partition coefficient (Wildman–Crippen LogP) is 5.53. The van der Waals surface area contributed by atoms with Crippen molar-refractivity contribution in [3.8, 4) is 0 Å². The molecule has 0 bridgehead atoms. The van der Waals surface area contributed by atoms with Crippen molar-refractivity contribution in [3.05, 3.63) is 93.1 Å². The molecule has 3 heterocycles. The van der Waals surface area contributed by atoms with Crippen molar-refractivity contribution in [1.29, 1.82) is 0 Å². The number of benzene rings is 2. The SMILES string of the molecule is CCN(CC)CCNC(=O)c1c(C)[nH]c(/C=C2\C(=O)Nc3c(C4=CSC(c5ccccc5)N4)cccc32)c1C. The quantitative estimate of drug-likeness (QED) is 0.268. The normalized spacial score (nSPS) is 17.3. The van der Waals surface area contributed by atoms with Crippen LogP contribution in [-0.2, 0) is 4.79 Å². The van der Waals surface area contributed by atoms with E-state index >= 15 is 0 Å². The first kappa shape index (κ1) is 26.8. The number of nitrogens with one attached hydrogen (secondary N) is 4. The van der Waals surface area contributed by atoms with E-state index in [1.54, 1.807) is 11.8 Å². The van der Waals surface area contributed by atoms with Crippen LogP contribution in [0.1, 0.15) is 63.2 Å². The number of carbonyl (C=O) groups is 2. The van der Waals surface area contributed by atoms with Gasteiger partial charge in [-0.3, -0.25) is 9.59 Å². The molecule has 0 saturated heterocycles.